The summed E-state index contributed by atoms with van der Waals surface area (Å²) in [6, 6.07) is 9.23. The van der Waals surface area contributed by atoms with Crippen LogP contribution >= 0.6 is 0 Å². The van der Waals surface area contributed by atoms with Crippen molar-refractivity contribution in [1.29, 1.82) is 0 Å². The highest BCUT2D eigenvalue weighted by atomic mass is 28.3. The number of anilines is 1. The Kier molecular flexibility index (Phi) is 8.06. The first kappa shape index (κ1) is 23.9. The first-order valence-corrected chi connectivity index (χ1v) is 13.3. The van der Waals surface area contributed by atoms with Gasteiger partial charge in [0, 0.05) is 24.5 Å². The van der Waals surface area contributed by atoms with Crippen molar-refractivity contribution >= 4 is 24.9 Å². The number of carbonyl (C=O) groups is 1. The fraction of sp³-hybridized carbons (Fsp3) is 0.348. The van der Waals surface area contributed by atoms with E-state index in [2.05, 4.69) is 11.9 Å². The summed E-state index contributed by atoms with van der Waals surface area (Å²) in [4.78, 5) is 14.9. The fourth-order valence-electron chi connectivity index (χ4n) is 3.45. The van der Waals surface area contributed by atoms with Gasteiger partial charge in [-0.1, -0.05) is 50.0 Å². The predicted octanol–water partition coefficient (Wildman–Crippen LogP) is 4.45. The van der Waals surface area contributed by atoms with Crippen LogP contribution in [-0.4, -0.2) is 39.6 Å². The number of hydrogen-bond acceptors (Lipinski definition) is 3. The highest BCUT2D eigenvalue weighted by molar-refractivity contribution is 6.88. The van der Waals surface area contributed by atoms with Crippen LogP contribution in [0.1, 0.15) is 17.2 Å². The maximum atomic E-state index is 14.6. The number of halogens is 2. The van der Waals surface area contributed by atoms with Crippen molar-refractivity contribution in [3.8, 4) is 0 Å². The number of carbonyl (C=O) groups excluding carboxylic acids is 1. The highest BCUT2D eigenvalue weighted by Crippen LogP contribution is 2.24. The van der Waals surface area contributed by atoms with Gasteiger partial charge in [0.25, 0.3) is 0 Å². The number of nitrogens with one attached hydrogen (secondary N) is 1. The maximum Gasteiger partial charge on any atom is 0.246 e. The number of amides is 1. The molecule has 2 aromatic rings. The van der Waals surface area contributed by atoms with E-state index in [4.69, 9.17) is 4.74 Å². The molecule has 7 heteroatoms. The molecule has 0 spiro atoms. The number of rotatable bonds is 9. The molecule has 1 unspecified atom stereocenters. The first-order chi connectivity index (χ1) is 14.1. The molecule has 0 radical (unpaired) electrons. The second-order valence-corrected chi connectivity index (χ2v) is 13.4. The largest absolute Gasteiger partial charge is 0.380 e. The molecule has 1 atom stereocenters. The second-order valence-electron chi connectivity index (χ2n) is 8.36. The zero-order valence-corrected chi connectivity index (χ0v) is 19.3. The monoisotopic (exact) mass is 432 g/mol. The molecule has 0 aromatic heterocycles. The summed E-state index contributed by atoms with van der Waals surface area (Å²) in [6.07, 6.45) is 1.70. The van der Waals surface area contributed by atoms with Gasteiger partial charge >= 0.3 is 0 Å². The van der Waals surface area contributed by atoms with Gasteiger partial charge in [-0.2, -0.15) is 0 Å². The number of benzene rings is 2. The zero-order valence-electron chi connectivity index (χ0n) is 18.3. The van der Waals surface area contributed by atoms with Crippen LogP contribution in [0.3, 0.4) is 0 Å². The third-order valence-electron chi connectivity index (χ3n) is 4.77. The molecule has 0 bridgehead atoms. The highest BCUT2D eigenvalue weighted by Gasteiger charge is 2.28. The lowest BCUT2D eigenvalue weighted by Gasteiger charge is -2.27. The van der Waals surface area contributed by atoms with Gasteiger partial charge in [0.1, 0.15) is 17.7 Å². The van der Waals surface area contributed by atoms with E-state index in [0.717, 1.165) is 11.1 Å². The summed E-state index contributed by atoms with van der Waals surface area (Å²) in [6.45, 7) is 10.3. The minimum atomic E-state index is -2.19. The lowest BCUT2D eigenvalue weighted by molar-refractivity contribution is -0.120. The second kappa shape index (κ2) is 10.1. The number of nitrogens with zero attached hydrogens (tertiary/aromatic N) is 1. The summed E-state index contributed by atoms with van der Waals surface area (Å²) in [5, 5.41) is 2.81. The summed E-state index contributed by atoms with van der Waals surface area (Å²) < 4.78 is 34.3. The molecule has 2 aromatic carbocycles. The van der Waals surface area contributed by atoms with Crippen LogP contribution < -0.4 is 10.5 Å². The molecule has 0 saturated heterocycles. The molecule has 1 amide bonds. The van der Waals surface area contributed by atoms with E-state index in [1.165, 1.54) is 12.1 Å². The normalized spacial score (nSPS) is 12.7. The van der Waals surface area contributed by atoms with Gasteiger partial charge in [-0.25, -0.2) is 8.78 Å². The molecule has 2 rings (SSSR count). The fourth-order valence-corrected chi connectivity index (χ4v) is 5.03. The zero-order chi connectivity index (χ0) is 22.5. The molecule has 0 aliphatic rings. The van der Waals surface area contributed by atoms with Gasteiger partial charge in [0.2, 0.25) is 5.91 Å². The van der Waals surface area contributed by atoms with E-state index in [-0.39, 0.29) is 16.8 Å². The lowest BCUT2D eigenvalue weighted by atomic mass is 10.0. The Labute approximate surface area is 178 Å². The van der Waals surface area contributed by atoms with Crippen LogP contribution in [0.15, 0.2) is 49.1 Å². The van der Waals surface area contributed by atoms with Gasteiger partial charge in [-0.15, -0.1) is 6.58 Å². The Morgan fingerprint density at radius 2 is 1.77 bits per heavy atom. The van der Waals surface area contributed by atoms with Crippen molar-refractivity contribution in [2.24, 2.45) is 0 Å². The van der Waals surface area contributed by atoms with Crippen LogP contribution in [-0.2, 0) is 16.1 Å². The molecule has 162 valence electrons. The van der Waals surface area contributed by atoms with E-state index < -0.39 is 25.8 Å². The molecular formula is C23H30F2N2O2Si. The SMILES string of the molecule is C=CCN(C)C(C(=O)Nc1cc(F)c([Si](C)(C)C)c(F)c1)c1ccc(COC)cc1. The molecule has 0 aliphatic heterocycles. The van der Waals surface area contributed by atoms with E-state index in [9.17, 15) is 13.6 Å². The van der Waals surface area contributed by atoms with Gasteiger partial charge in [-0.05, 0) is 30.3 Å². The molecule has 0 fully saturated rings. The van der Waals surface area contributed by atoms with Crippen molar-refractivity contribution < 1.29 is 18.3 Å². The standard InChI is InChI=1S/C23H30F2N2O2Si/c1-7-12-27(2)21(17-10-8-16(9-11-17)15-29-3)23(28)26-18-13-19(24)22(20(25)14-18)30(4,5)6/h7-11,13-14,21H,1,12,15H2,2-6H3,(H,26,28). The van der Waals surface area contributed by atoms with Crippen molar-refractivity contribution in [2.45, 2.75) is 32.3 Å². The maximum absolute atomic E-state index is 14.6. The molecule has 1 N–H and O–H groups in total. The Balaban J connectivity index is 2.34. The first-order valence-electron chi connectivity index (χ1n) is 9.77. The van der Waals surface area contributed by atoms with Crippen LogP contribution in [0.25, 0.3) is 0 Å². The van der Waals surface area contributed by atoms with Gasteiger partial charge in [0.05, 0.1) is 14.7 Å². The van der Waals surface area contributed by atoms with Crippen LogP contribution in [0.5, 0.6) is 0 Å². The van der Waals surface area contributed by atoms with Gasteiger partial charge in [-0.3, -0.25) is 9.69 Å². The van der Waals surface area contributed by atoms with Crippen LogP contribution in [0, 0.1) is 11.6 Å². The van der Waals surface area contributed by atoms with E-state index >= 15 is 0 Å². The predicted molar refractivity (Wildman–Crippen MR) is 121 cm³/mol. The number of ether oxygens (including phenoxy) is 1. The molecule has 0 heterocycles. The van der Waals surface area contributed by atoms with Crippen molar-refractivity contribution in [1.82, 2.24) is 4.90 Å². The Hall–Kier alpha value is -2.35. The van der Waals surface area contributed by atoms with E-state index in [0.29, 0.717) is 13.2 Å². The quantitative estimate of drug-likeness (QED) is 0.470. The van der Waals surface area contributed by atoms with Crippen molar-refractivity contribution in [2.75, 3.05) is 26.0 Å². The van der Waals surface area contributed by atoms with Crippen molar-refractivity contribution in [3.63, 3.8) is 0 Å². The third-order valence-corrected chi connectivity index (χ3v) is 6.75. The number of likely N-dealkylation sites (N-methyl/N-ethyl adjacent to an activating group) is 1. The van der Waals surface area contributed by atoms with Gasteiger partial charge in [0.15, 0.2) is 0 Å². The Bertz CT molecular complexity index is 872. The number of hydrogen-bond donors (Lipinski definition) is 1. The number of methoxy groups -OCH3 is 1. The minimum Gasteiger partial charge on any atom is -0.380 e. The van der Waals surface area contributed by atoms with E-state index in [1.807, 2.05) is 48.8 Å². The van der Waals surface area contributed by atoms with Crippen LogP contribution in [0.2, 0.25) is 19.6 Å². The van der Waals surface area contributed by atoms with Crippen LogP contribution in [0.4, 0.5) is 14.5 Å². The topological polar surface area (TPSA) is 41.6 Å². The summed E-state index contributed by atoms with van der Waals surface area (Å²) in [5.74, 6) is -1.62. The summed E-state index contributed by atoms with van der Waals surface area (Å²) in [7, 11) is 1.22. The molecule has 0 aliphatic carbocycles. The Morgan fingerprint density at radius 1 is 1.20 bits per heavy atom. The average molecular weight is 433 g/mol. The summed E-state index contributed by atoms with van der Waals surface area (Å²) in [5.41, 5.74) is 1.85. The average Bonchev–Trinajstić information content (AvgIpc) is 2.62. The lowest BCUT2D eigenvalue weighted by Crippen LogP contribution is -2.42. The molecular weight excluding hydrogens is 402 g/mol. The third kappa shape index (κ3) is 5.84. The molecule has 0 saturated carbocycles. The molecule has 30 heavy (non-hydrogen) atoms. The van der Waals surface area contributed by atoms with Gasteiger partial charge < -0.3 is 10.1 Å². The Morgan fingerprint density at radius 3 is 2.23 bits per heavy atom. The summed E-state index contributed by atoms with van der Waals surface area (Å²) >= 11 is 0. The minimum absolute atomic E-state index is 0.102. The smallest absolute Gasteiger partial charge is 0.246 e. The van der Waals surface area contributed by atoms with E-state index in [1.54, 1.807) is 20.2 Å². The van der Waals surface area contributed by atoms with Crippen molar-refractivity contribution in [3.05, 3.63) is 71.8 Å². The molecule has 4 nitrogen and oxygen atoms in total.